The average Bonchev–Trinajstić information content (AvgIpc) is 3.29. The Kier molecular flexibility index (Phi) is 5.59. The molecule has 2 aliphatic rings. The number of ether oxygens (including phenoxy) is 1. The molecular weight excluding hydrogens is 296 g/mol. The highest BCUT2D eigenvalue weighted by atomic mass is 32.2. The van der Waals surface area contributed by atoms with Crippen molar-refractivity contribution in [3.63, 3.8) is 0 Å². The molecule has 1 saturated carbocycles. The summed E-state index contributed by atoms with van der Waals surface area (Å²) < 4.78 is 33.1. The number of carbonyl (C=O) groups excluding carboxylic acids is 1. The highest BCUT2D eigenvalue weighted by molar-refractivity contribution is 7.86. The molecule has 0 aromatic carbocycles. The zero-order valence-corrected chi connectivity index (χ0v) is 13.2. The molecule has 2 rings (SSSR count). The van der Waals surface area contributed by atoms with Gasteiger partial charge < -0.3 is 9.84 Å². The van der Waals surface area contributed by atoms with E-state index in [0.29, 0.717) is 26.0 Å². The van der Waals surface area contributed by atoms with Crippen molar-refractivity contribution < 1.29 is 23.1 Å². The molecule has 8 heteroatoms. The molecule has 0 amide bonds. The summed E-state index contributed by atoms with van der Waals surface area (Å²) in [6.45, 7) is 2.58. The van der Waals surface area contributed by atoms with Gasteiger partial charge >= 0.3 is 5.97 Å². The largest absolute Gasteiger partial charge is 0.466 e. The van der Waals surface area contributed by atoms with E-state index in [-0.39, 0.29) is 37.6 Å². The topological polar surface area (TPSA) is 87.2 Å². The number of hydrogen-bond donors (Lipinski definition) is 1. The first kappa shape index (κ1) is 16.7. The van der Waals surface area contributed by atoms with Crippen LogP contribution in [0.5, 0.6) is 0 Å². The molecule has 0 spiro atoms. The Hall–Kier alpha value is -0.700. The first-order chi connectivity index (χ1) is 10.0. The Balaban J connectivity index is 2.06. The predicted molar refractivity (Wildman–Crippen MR) is 76.7 cm³/mol. The van der Waals surface area contributed by atoms with Gasteiger partial charge in [0.2, 0.25) is 0 Å². The summed E-state index contributed by atoms with van der Waals surface area (Å²) in [5, 5.41) is 9.09. The fourth-order valence-corrected chi connectivity index (χ4v) is 4.62. The van der Waals surface area contributed by atoms with Gasteiger partial charge in [-0.1, -0.05) is 0 Å². The van der Waals surface area contributed by atoms with Crippen molar-refractivity contribution >= 4 is 16.2 Å². The number of aliphatic hydroxyl groups is 1. The minimum absolute atomic E-state index is 0.00474. The molecule has 1 saturated heterocycles. The van der Waals surface area contributed by atoms with Gasteiger partial charge in [-0.25, -0.2) is 0 Å². The zero-order chi connectivity index (χ0) is 15.5. The highest BCUT2D eigenvalue weighted by Crippen LogP contribution is 2.31. The number of piperidine rings is 1. The Morgan fingerprint density at radius 3 is 2.67 bits per heavy atom. The van der Waals surface area contributed by atoms with Crippen LogP contribution in [0.4, 0.5) is 0 Å². The van der Waals surface area contributed by atoms with E-state index in [2.05, 4.69) is 0 Å². The quantitative estimate of drug-likeness (QED) is 0.665. The van der Waals surface area contributed by atoms with Gasteiger partial charge in [-0.3, -0.25) is 4.79 Å². The molecule has 7 nitrogen and oxygen atoms in total. The van der Waals surface area contributed by atoms with Crippen LogP contribution in [-0.2, 0) is 19.7 Å². The van der Waals surface area contributed by atoms with Gasteiger partial charge in [0.05, 0.1) is 19.1 Å². The average molecular weight is 320 g/mol. The molecule has 1 aliphatic carbocycles. The van der Waals surface area contributed by atoms with E-state index in [1.165, 1.54) is 8.61 Å². The van der Waals surface area contributed by atoms with Crippen LogP contribution < -0.4 is 0 Å². The fourth-order valence-electron chi connectivity index (χ4n) is 2.70. The standard InChI is InChI=1S/C13H24N2O5S/c1-2-20-13(17)11-4-3-7-14(10-11)21(18,19)15(8-9-16)12-5-6-12/h11-12,16H,2-10H2,1H3. The van der Waals surface area contributed by atoms with Crippen LogP contribution in [-0.4, -0.2) is 67.0 Å². The molecule has 1 unspecified atom stereocenters. The van der Waals surface area contributed by atoms with Crippen molar-refractivity contribution in [2.24, 2.45) is 5.92 Å². The predicted octanol–water partition coefficient (Wildman–Crippen LogP) is -0.0370. The highest BCUT2D eigenvalue weighted by Gasteiger charge is 2.42. The maximum Gasteiger partial charge on any atom is 0.310 e. The minimum Gasteiger partial charge on any atom is -0.466 e. The first-order valence-electron chi connectivity index (χ1n) is 7.55. The molecular formula is C13H24N2O5S. The molecule has 1 atom stereocenters. The Bertz CT molecular complexity index is 463. The second kappa shape index (κ2) is 7.04. The van der Waals surface area contributed by atoms with Crippen LogP contribution >= 0.6 is 0 Å². The van der Waals surface area contributed by atoms with Crippen molar-refractivity contribution in [3.8, 4) is 0 Å². The fraction of sp³-hybridized carbons (Fsp3) is 0.923. The third-order valence-corrected chi connectivity index (χ3v) is 5.96. The van der Waals surface area contributed by atoms with E-state index >= 15 is 0 Å². The third kappa shape index (κ3) is 3.94. The summed E-state index contributed by atoms with van der Waals surface area (Å²) >= 11 is 0. The lowest BCUT2D eigenvalue weighted by Gasteiger charge is -2.34. The van der Waals surface area contributed by atoms with E-state index in [1.807, 2.05) is 0 Å². The van der Waals surface area contributed by atoms with E-state index in [4.69, 9.17) is 9.84 Å². The lowest BCUT2D eigenvalue weighted by Crippen LogP contribution is -2.50. The van der Waals surface area contributed by atoms with E-state index in [0.717, 1.165) is 12.8 Å². The molecule has 2 fully saturated rings. The van der Waals surface area contributed by atoms with E-state index in [9.17, 15) is 13.2 Å². The monoisotopic (exact) mass is 320 g/mol. The number of rotatable bonds is 7. The Labute approximate surface area is 126 Å². The molecule has 0 radical (unpaired) electrons. The smallest absolute Gasteiger partial charge is 0.310 e. The molecule has 1 heterocycles. The number of nitrogens with zero attached hydrogens (tertiary/aromatic N) is 2. The van der Waals surface area contributed by atoms with Crippen molar-refractivity contribution in [2.75, 3.05) is 32.8 Å². The van der Waals surface area contributed by atoms with Crippen LogP contribution in [0, 0.1) is 5.92 Å². The second-order valence-corrected chi connectivity index (χ2v) is 7.40. The minimum atomic E-state index is -3.61. The van der Waals surface area contributed by atoms with Crippen molar-refractivity contribution in [1.29, 1.82) is 0 Å². The molecule has 0 bridgehead atoms. The number of carbonyl (C=O) groups is 1. The molecule has 0 aromatic rings. The maximum atomic E-state index is 12.7. The second-order valence-electron chi connectivity index (χ2n) is 5.52. The van der Waals surface area contributed by atoms with Gasteiger partial charge in [0, 0.05) is 25.7 Å². The molecule has 1 N–H and O–H groups in total. The molecule has 122 valence electrons. The van der Waals surface area contributed by atoms with Gasteiger partial charge in [0.25, 0.3) is 10.2 Å². The zero-order valence-electron chi connectivity index (χ0n) is 12.4. The lowest BCUT2D eigenvalue weighted by atomic mass is 10.0. The van der Waals surface area contributed by atoms with Crippen LogP contribution in [0.2, 0.25) is 0 Å². The van der Waals surface area contributed by atoms with E-state index in [1.54, 1.807) is 6.92 Å². The van der Waals surface area contributed by atoms with Crippen molar-refractivity contribution in [2.45, 2.75) is 38.6 Å². The normalized spacial score (nSPS) is 24.2. The first-order valence-corrected chi connectivity index (χ1v) is 8.94. The summed E-state index contributed by atoms with van der Waals surface area (Å²) in [4.78, 5) is 11.8. The van der Waals surface area contributed by atoms with Crippen molar-refractivity contribution in [1.82, 2.24) is 8.61 Å². The van der Waals surface area contributed by atoms with Gasteiger partial charge in [0.15, 0.2) is 0 Å². The van der Waals surface area contributed by atoms with Crippen LogP contribution in [0.25, 0.3) is 0 Å². The SMILES string of the molecule is CCOC(=O)C1CCCN(S(=O)(=O)N(CCO)C2CC2)C1. The summed E-state index contributed by atoms with van der Waals surface area (Å²) in [5.74, 6) is -0.707. The van der Waals surface area contributed by atoms with Gasteiger partial charge in [-0.2, -0.15) is 17.0 Å². The lowest BCUT2D eigenvalue weighted by molar-refractivity contribution is -0.149. The van der Waals surface area contributed by atoms with Crippen LogP contribution in [0.3, 0.4) is 0 Å². The van der Waals surface area contributed by atoms with Crippen molar-refractivity contribution in [3.05, 3.63) is 0 Å². The summed E-state index contributed by atoms with van der Waals surface area (Å²) in [7, 11) is -3.61. The van der Waals surface area contributed by atoms with Crippen LogP contribution in [0.1, 0.15) is 32.6 Å². The maximum absolute atomic E-state index is 12.7. The molecule has 21 heavy (non-hydrogen) atoms. The number of esters is 1. The molecule has 1 aliphatic heterocycles. The third-order valence-electron chi connectivity index (χ3n) is 3.90. The van der Waals surface area contributed by atoms with Gasteiger partial charge in [0.1, 0.15) is 0 Å². The van der Waals surface area contributed by atoms with Crippen LogP contribution in [0.15, 0.2) is 0 Å². The Morgan fingerprint density at radius 2 is 2.10 bits per heavy atom. The summed E-state index contributed by atoms with van der Waals surface area (Å²) in [5.41, 5.74) is 0. The molecule has 0 aromatic heterocycles. The van der Waals surface area contributed by atoms with E-state index < -0.39 is 10.2 Å². The Morgan fingerprint density at radius 1 is 1.38 bits per heavy atom. The number of hydrogen-bond acceptors (Lipinski definition) is 5. The van der Waals surface area contributed by atoms with Gasteiger partial charge in [-0.05, 0) is 32.6 Å². The summed E-state index contributed by atoms with van der Waals surface area (Å²) in [6.07, 6.45) is 3.00. The number of aliphatic hydroxyl groups excluding tert-OH is 1. The van der Waals surface area contributed by atoms with Gasteiger partial charge in [-0.15, -0.1) is 0 Å². The summed E-state index contributed by atoms with van der Waals surface area (Å²) in [6, 6.07) is 0.00474.